The molecule has 1 aromatic carbocycles. The summed E-state index contributed by atoms with van der Waals surface area (Å²) in [7, 11) is 0. The summed E-state index contributed by atoms with van der Waals surface area (Å²) in [6, 6.07) is 6.35. The number of amides is 1. The third-order valence-corrected chi connectivity index (χ3v) is 3.12. The van der Waals surface area contributed by atoms with Crippen molar-refractivity contribution >= 4 is 21.8 Å². The van der Waals surface area contributed by atoms with Crippen LogP contribution in [0.2, 0.25) is 0 Å². The zero-order chi connectivity index (χ0) is 11.5. The van der Waals surface area contributed by atoms with E-state index in [2.05, 4.69) is 33.5 Å². The maximum absolute atomic E-state index is 10.5. The predicted molar refractivity (Wildman–Crippen MR) is 63.5 cm³/mol. The second-order valence-electron chi connectivity index (χ2n) is 3.81. The van der Waals surface area contributed by atoms with E-state index < -0.39 is 5.91 Å². The van der Waals surface area contributed by atoms with Crippen LogP contribution >= 0.6 is 15.9 Å². The molecule has 0 aliphatic heterocycles. The molecule has 3 N–H and O–H groups in total. The lowest BCUT2D eigenvalue weighted by Gasteiger charge is -2.13. The Morgan fingerprint density at radius 2 is 2.44 bits per heavy atom. The highest BCUT2D eigenvalue weighted by Crippen LogP contribution is 2.32. The van der Waals surface area contributed by atoms with Crippen molar-refractivity contribution in [3.63, 3.8) is 0 Å². The first-order chi connectivity index (χ1) is 7.66. The quantitative estimate of drug-likeness (QED) is 0.823. The summed E-state index contributed by atoms with van der Waals surface area (Å²) < 4.78 is 1.09. The Labute approximate surface area is 102 Å². The normalized spacial score (nSPS) is 18.4. The molecule has 16 heavy (non-hydrogen) atoms. The van der Waals surface area contributed by atoms with E-state index in [0.717, 1.165) is 17.3 Å². The lowest BCUT2D eigenvalue weighted by atomic mass is 10.1. The van der Waals surface area contributed by atoms with Crippen molar-refractivity contribution < 1.29 is 9.63 Å². The van der Waals surface area contributed by atoms with Gasteiger partial charge < -0.3 is 5.73 Å². The van der Waals surface area contributed by atoms with Gasteiger partial charge in [0.1, 0.15) is 6.61 Å². The van der Waals surface area contributed by atoms with Crippen LogP contribution < -0.4 is 11.2 Å². The first-order valence-electron chi connectivity index (χ1n) is 5.11. The molecule has 0 spiro atoms. The molecule has 0 aromatic heterocycles. The van der Waals surface area contributed by atoms with Gasteiger partial charge in [0.15, 0.2) is 0 Å². The Bertz CT molecular complexity index is 409. The average molecular weight is 285 g/mol. The first kappa shape index (κ1) is 11.6. The lowest BCUT2D eigenvalue weighted by molar-refractivity contribution is -0.126. The number of rotatable bonds is 4. The molecular formula is C11H13BrN2O2. The number of carbonyl (C=O) groups excluding carboxylic acids is 1. The number of fused-ring (bicyclic) bond motifs is 1. The highest BCUT2D eigenvalue weighted by Gasteiger charge is 2.22. The summed E-state index contributed by atoms with van der Waals surface area (Å²) in [5.74, 6) is -0.471. The van der Waals surface area contributed by atoms with E-state index in [4.69, 9.17) is 10.6 Å². The third kappa shape index (κ3) is 2.61. The number of halogens is 1. The number of hydrogen-bond acceptors (Lipinski definition) is 3. The molecule has 1 aliphatic rings. The van der Waals surface area contributed by atoms with E-state index in [9.17, 15) is 4.79 Å². The van der Waals surface area contributed by atoms with Crippen LogP contribution in [0, 0.1) is 0 Å². The minimum absolute atomic E-state index is 0.0949. The van der Waals surface area contributed by atoms with Gasteiger partial charge >= 0.3 is 0 Å². The van der Waals surface area contributed by atoms with Crippen molar-refractivity contribution in [1.29, 1.82) is 0 Å². The van der Waals surface area contributed by atoms with Gasteiger partial charge in [0.05, 0.1) is 6.04 Å². The lowest BCUT2D eigenvalue weighted by Crippen LogP contribution is -2.27. The van der Waals surface area contributed by atoms with Crippen LogP contribution in [0.15, 0.2) is 22.7 Å². The molecule has 0 saturated carbocycles. The summed E-state index contributed by atoms with van der Waals surface area (Å²) >= 11 is 3.44. The van der Waals surface area contributed by atoms with E-state index >= 15 is 0 Å². The van der Waals surface area contributed by atoms with Gasteiger partial charge in [-0.15, -0.1) is 0 Å². The van der Waals surface area contributed by atoms with Crippen molar-refractivity contribution in [1.82, 2.24) is 5.48 Å². The maximum Gasteiger partial charge on any atom is 0.245 e. The Hall–Kier alpha value is -0.910. The molecule has 1 amide bonds. The smallest absolute Gasteiger partial charge is 0.245 e. The third-order valence-electron chi connectivity index (χ3n) is 2.62. The predicted octanol–water partition coefficient (Wildman–Crippen LogP) is 1.44. The Kier molecular flexibility index (Phi) is 3.58. The van der Waals surface area contributed by atoms with Crippen molar-refractivity contribution in [3.05, 3.63) is 33.8 Å². The molecule has 0 radical (unpaired) electrons. The van der Waals surface area contributed by atoms with Crippen LogP contribution in [0.3, 0.4) is 0 Å². The first-order valence-corrected chi connectivity index (χ1v) is 5.90. The minimum atomic E-state index is -0.471. The largest absolute Gasteiger partial charge is 0.368 e. The summed E-state index contributed by atoms with van der Waals surface area (Å²) in [6.45, 7) is -0.0949. The summed E-state index contributed by atoms with van der Waals surface area (Å²) in [5, 5.41) is 0. The number of aryl methyl sites for hydroxylation is 1. The second kappa shape index (κ2) is 4.95. The standard InChI is InChI=1S/C11H13BrN2O2/c12-8-2-3-9-7(5-8)1-4-10(9)14-16-6-11(13)15/h2-3,5,10,14H,1,4,6H2,(H2,13,15). The molecule has 1 aliphatic carbocycles. The second-order valence-corrected chi connectivity index (χ2v) is 4.72. The maximum atomic E-state index is 10.5. The van der Waals surface area contributed by atoms with Crippen molar-refractivity contribution in [2.75, 3.05) is 6.61 Å². The molecule has 1 unspecified atom stereocenters. The Morgan fingerprint density at radius 3 is 3.19 bits per heavy atom. The van der Waals surface area contributed by atoms with Gasteiger partial charge in [0.2, 0.25) is 5.91 Å². The molecule has 0 heterocycles. The number of benzene rings is 1. The van der Waals surface area contributed by atoms with Gasteiger partial charge in [-0.2, -0.15) is 5.48 Å². The van der Waals surface area contributed by atoms with Gasteiger partial charge in [-0.05, 0) is 36.1 Å². The molecule has 1 aromatic rings. The average Bonchev–Trinajstić information content (AvgIpc) is 2.60. The summed E-state index contributed by atoms with van der Waals surface area (Å²) in [5.41, 5.74) is 10.4. The molecule has 2 rings (SSSR count). The van der Waals surface area contributed by atoms with Gasteiger partial charge in [0, 0.05) is 4.47 Å². The molecular weight excluding hydrogens is 272 g/mol. The monoisotopic (exact) mass is 284 g/mol. The van der Waals surface area contributed by atoms with Crippen LogP contribution in [0.4, 0.5) is 0 Å². The summed E-state index contributed by atoms with van der Waals surface area (Å²) in [6.07, 6.45) is 2.00. The molecule has 4 nitrogen and oxygen atoms in total. The van der Waals surface area contributed by atoms with Crippen LogP contribution in [0.1, 0.15) is 23.6 Å². The van der Waals surface area contributed by atoms with Gasteiger partial charge in [-0.3, -0.25) is 9.63 Å². The van der Waals surface area contributed by atoms with Crippen LogP contribution in [-0.4, -0.2) is 12.5 Å². The number of hydrogen-bond donors (Lipinski definition) is 2. The van der Waals surface area contributed by atoms with E-state index in [0.29, 0.717) is 0 Å². The van der Waals surface area contributed by atoms with Gasteiger partial charge in [-0.1, -0.05) is 22.0 Å². The SMILES string of the molecule is NC(=O)CONC1CCc2cc(Br)ccc21. The number of nitrogens with one attached hydrogen (secondary N) is 1. The fourth-order valence-electron chi connectivity index (χ4n) is 1.92. The number of primary amides is 1. The van der Waals surface area contributed by atoms with E-state index in [1.165, 1.54) is 11.1 Å². The van der Waals surface area contributed by atoms with Crippen LogP contribution in [0.25, 0.3) is 0 Å². The van der Waals surface area contributed by atoms with E-state index in [-0.39, 0.29) is 12.6 Å². The van der Waals surface area contributed by atoms with E-state index in [1.54, 1.807) is 0 Å². The highest BCUT2D eigenvalue weighted by atomic mass is 79.9. The number of carbonyl (C=O) groups is 1. The molecule has 5 heteroatoms. The molecule has 1 atom stereocenters. The van der Waals surface area contributed by atoms with Crippen molar-refractivity contribution in [3.8, 4) is 0 Å². The Morgan fingerprint density at radius 1 is 1.62 bits per heavy atom. The zero-order valence-corrected chi connectivity index (χ0v) is 10.3. The molecule has 86 valence electrons. The van der Waals surface area contributed by atoms with Crippen molar-refractivity contribution in [2.24, 2.45) is 5.73 Å². The minimum Gasteiger partial charge on any atom is -0.368 e. The molecule has 0 fully saturated rings. The number of hydroxylamine groups is 1. The Balaban J connectivity index is 1.98. The number of nitrogens with two attached hydrogens (primary N) is 1. The molecule has 0 bridgehead atoms. The summed E-state index contributed by atoms with van der Waals surface area (Å²) in [4.78, 5) is 15.5. The van der Waals surface area contributed by atoms with E-state index in [1.807, 2.05) is 6.07 Å². The topological polar surface area (TPSA) is 64.4 Å². The molecule has 0 saturated heterocycles. The van der Waals surface area contributed by atoms with Gasteiger partial charge in [0.25, 0.3) is 0 Å². The fourth-order valence-corrected chi connectivity index (χ4v) is 2.33. The zero-order valence-electron chi connectivity index (χ0n) is 8.70. The fraction of sp³-hybridized carbons (Fsp3) is 0.364. The van der Waals surface area contributed by atoms with Crippen LogP contribution in [0.5, 0.6) is 0 Å². The van der Waals surface area contributed by atoms with Gasteiger partial charge in [-0.25, -0.2) is 0 Å². The van der Waals surface area contributed by atoms with Crippen molar-refractivity contribution in [2.45, 2.75) is 18.9 Å². The highest BCUT2D eigenvalue weighted by molar-refractivity contribution is 9.10. The van der Waals surface area contributed by atoms with Crippen LogP contribution in [-0.2, 0) is 16.1 Å².